The van der Waals surface area contributed by atoms with Crippen LogP contribution in [0.5, 0.6) is 0 Å². The molecule has 2 aromatic heterocycles. The summed E-state index contributed by atoms with van der Waals surface area (Å²) in [5.41, 5.74) is 1.29. The standard InChI is InChI=1S/C20H20F2N6O/c1-12-11-27(7-8-29-12)18-9-16-15(10-23-18)25-20(26-17-5-6-24-28(16)17)19-13(21)3-2-4-14(19)22/h2-6,9-10,12,20,25-26H,7-8,11H2,1H3/t12-,20?/m0/s1. The number of anilines is 3. The van der Waals surface area contributed by atoms with Crippen molar-refractivity contribution in [3.05, 3.63) is 59.9 Å². The molecule has 3 aromatic rings. The van der Waals surface area contributed by atoms with Gasteiger partial charge in [0.15, 0.2) is 0 Å². The minimum atomic E-state index is -0.816. The molecule has 1 saturated heterocycles. The van der Waals surface area contributed by atoms with Crippen LogP contribution in [0.1, 0.15) is 18.7 Å². The molecule has 2 aliphatic heterocycles. The highest BCUT2D eigenvalue weighted by Crippen LogP contribution is 2.35. The minimum Gasteiger partial charge on any atom is -0.375 e. The lowest BCUT2D eigenvalue weighted by Crippen LogP contribution is -2.41. The van der Waals surface area contributed by atoms with Gasteiger partial charge in [0, 0.05) is 25.2 Å². The molecule has 1 aromatic carbocycles. The van der Waals surface area contributed by atoms with Gasteiger partial charge in [0.25, 0.3) is 0 Å². The lowest BCUT2D eigenvalue weighted by atomic mass is 10.1. The van der Waals surface area contributed by atoms with Crippen molar-refractivity contribution in [2.24, 2.45) is 0 Å². The Labute approximate surface area is 166 Å². The Morgan fingerprint density at radius 1 is 1.17 bits per heavy atom. The SMILES string of the molecule is C[C@H]1CN(c2cc3c(cn2)NC(c2c(F)cccc2F)Nc2ccnn2-3)CCO1. The number of ether oxygens (including phenoxy) is 1. The number of hydrogen-bond donors (Lipinski definition) is 2. The topological polar surface area (TPSA) is 67.2 Å². The first kappa shape index (κ1) is 17.9. The number of hydrogen-bond acceptors (Lipinski definition) is 6. The summed E-state index contributed by atoms with van der Waals surface area (Å²) in [4.78, 5) is 6.73. The maximum atomic E-state index is 14.4. The molecule has 29 heavy (non-hydrogen) atoms. The molecule has 1 fully saturated rings. The Balaban J connectivity index is 1.57. The van der Waals surface area contributed by atoms with Gasteiger partial charge in [-0.05, 0) is 19.1 Å². The molecule has 0 radical (unpaired) electrons. The molecule has 9 heteroatoms. The third-order valence-electron chi connectivity index (χ3n) is 5.18. The quantitative estimate of drug-likeness (QED) is 0.691. The summed E-state index contributed by atoms with van der Waals surface area (Å²) in [5.74, 6) is 0.168. The van der Waals surface area contributed by atoms with E-state index >= 15 is 0 Å². The van der Waals surface area contributed by atoms with E-state index in [1.807, 2.05) is 13.0 Å². The molecule has 0 spiro atoms. The largest absolute Gasteiger partial charge is 0.375 e. The van der Waals surface area contributed by atoms with Crippen LogP contribution in [0.2, 0.25) is 0 Å². The summed E-state index contributed by atoms with van der Waals surface area (Å²) in [6, 6.07) is 7.52. The minimum absolute atomic E-state index is 0.0841. The highest BCUT2D eigenvalue weighted by molar-refractivity contribution is 5.69. The average Bonchev–Trinajstić information content (AvgIpc) is 3.10. The Kier molecular flexibility index (Phi) is 4.31. The molecule has 150 valence electrons. The summed E-state index contributed by atoms with van der Waals surface area (Å²) in [7, 11) is 0. The van der Waals surface area contributed by atoms with Gasteiger partial charge in [0.2, 0.25) is 0 Å². The Bertz CT molecular complexity index is 1030. The van der Waals surface area contributed by atoms with Gasteiger partial charge in [-0.3, -0.25) is 0 Å². The first-order valence-electron chi connectivity index (χ1n) is 9.48. The lowest BCUT2D eigenvalue weighted by Gasteiger charge is -2.32. The van der Waals surface area contributed by atoms with Crippen LogP contribution in [0.4, 0.5) is 26.1 Å². The number of halogens is 2. The molecule has 0 aliphatic carbocycles. The lowest BCUT2D eigenvalue weighted by molar-refractivity contribution is 0.0529. The van der Waals surface area contributed by atoms with Crippen LogP contribution in [0.15, 0.2) is 42.7 Å². The fourth-order valence-electron chi connectivity index (χ4n) is 3.79. The van der Waals surface area contributed by atoms with E-state index in [0.29, 0.717) is 18.1 Å². The van der Waals surface area contributed by atoms with Crippen molar-refractivity contribution in [1.29, 1.82) is 0 Å². The zero-order valence-corrected chi connectivity index (χ0v) is 15.8. The molecular formula is C20H20F2N6O. The summed E-state index contributed by atoms with van der Waals surface area (Å²) in [5, 5.41) is 10.7. The molecule has 7 nitrogen and oxygen atoms in total. The molecular weight excluding hydrogens is 378 g/mol. The van der Waals surface area contributed by atoms with Crippen molar-refractivity contribution in [2.45, 2.75) is 19.2 Å². The first-order valence-corrected chi connectivity index (χ1v) is 9.48. The van der Waals surface area contributed by atoms with E-state index in [-0.39, 0.29) is 11.7 Å². The predicted octanol–water partition coefficient (Wildman–Crippen LogP) is 3.31. The Morgan fingerprint density at radius 3 is 2.79 bits per heavy atom. The molecule has 2 aliphatic rings. The second-order valence-electron chi connectivity index (χ2n) is 7.17. The van der Waals surface area contributed by atoms with Crippen LogP contribution in [-0.2, 0) is 4.74 Å². The Hall–Kier alpha value is -3.20. The van der Waals surface area contributed by atoms with Crippen LogP contribution in [0.3, 0.4) is 0 Å². The fourth-order valence-corrected chi connectivity index (χ4v) is 3.79. The van der Waals surface area contributed by atoms with E-state index in [0.717, 1.165) is 24.6 Å². The predicted molar refractivity (Wildman–Crippen MR) is 105 cm³/mol. The summed E-state index contributed by atoms with van der Waals surface area (Å²) >= 11 is 0. The summed E-state index contributed by atoms with van der Waals surface area (Å²) < 4.78 is 36.1. The van der Waals surface area contributed by atoms with E-state index < -0.39 is 17.8 Å². The van der Waals surface area contributed by atoms with Gasteiger partial charge in [-0.25, -0.2) is 18.4 Å². The third kappa shape index (κ3) is 3.17. The molecule has 1 unspecified atom stereocenters. The van der Waals surface area contributed by atoms with Crippen molar-refractivity contribution >= 4 is 17.3 Å². The van der Waals surface area contributed by atoms with Gasteiger partial charge < -0.3 is 20.3 Å². The second-order valence-corrected chi connectivity index (χ2v) is 7.17. The van der Waals surface area contributed by atoms with Crippen LogP contribution in [0.25, 0.3) is 5.69 Å². The normalized spacial score (nSPS) is 20.9. The highest BCUT2D eigenvalue weighted by Gasteiger charge is 2.27. The summed E-state index contributed by atoms with van der Waals surface area (Å²) in [6.07, 6.45) is 2.62. The van der Waals surface area contributed by atoms with Gasteiger partial charge in [-0.2, -0.15) is 5.10 Å². The van der Waals surface area contributed by atoms with Crippen molar-refractivity contribution in [3.8, 4) is 5.69 Å². The summed E-state index contributed by atoms with van der Waals surface area (Å²) in [6.45, 7) is 4.16. The van der Waals surface area contributed by atoms with Gasteiger partial charge >= 0.3 is 0 Å². The van der Waals surface area contributed by atoms with E-state index in [4.69, 9.17) is 4.74 Å². The third-order valence-corrected chi connectivity index (χ3v) is 5.18. The van der Waals surface area contributed by atoms with E-state index in [1.54, 1.807) is 23.1 Å². The van der Waals surface area contributed by atoms with Gasteiger partial charge in [0.1, 0.15) is 29.4 Å². The van der Waals surface area contributed by atoms with Crippen LogP contribution >= 0.6 is 0 Å². The number of rotatable bonds is 2. The number of benzene rings is 1. The molecule has 4 heterocycles. The molecule has 5 rings (SSSR count). The molecule has 0 amide bonds. The number of pyridine rings is 1. The van der Waals surface area contributed by atoms with Crippen molar-refractivity contribution < 1.29 is 13.5 Å². The van der Waals surface area contributed by atoms with Gasteiger partial charge in [-0.1, -0.05) is 6.07 Å². The van der Waals surface area contributed by atoms with Crippen LogP contribution in [0, 0.1) is 11.6 Å². The average molecular weight is 398 g/mol. The van der Waals surface area contributed by atoms with E-state index in [2.05, 4.69) is 25.6 Å². The highest BCUT2D eigenvalue weighted by atomic mass is 19.1. The Morgan fingerprint density at radius 2 is 2.00 bits per heavy atom. The molecule has 2 N–H and O–H groups in total. The second kappa shape index (κ2) is 7.00. The van der Waals surface area contributed by atoms with E-state index in [9.17, 15) is 8.78 Å². The van der Waals surface area contributed by atoms with Crippen LogP contribution < -0.4 is 15.5 Å². The molecule has 0 bridgehead atoms. The first-order chi connectivity index (χ1) is 14.1. The maximum Gasteiger partial charge on any atom is 0.133 e. The van der Waals surface area contributed by atoms with Crippen molar-refractivity contribution in [3.63, 3.8) is 0 Å². The number of nitrogens with zero attached hydrogens (tertiary/aromatic N) is 4. The smallest absolute Gasteiger partial charge is 0.133 e. The molecule has 2 atom stereocenters. The molecule has 0 saturated carbocycles. The van der Waals surface area contributed by atoms with Crippen LogP contribution in [-0.4, -0.2) is 40.6 Å². The number of aromatic nitrogens is 3. The number of fused-ring (bicyclic) bond motifs is 3. The van der Waals surface area contributed by atoms with Gasteiger partial charge in [-0.15, -0.1) is 0 Å². The number of nitrogens with one attached hydrogen (secondary N) is 2. The fraction of sp³-hybridized carbons (Fsp3) is 0.300. The van der Waals surface area contributed by atoms with Gasteiger partial charge in [0.05, 0.1) is 42.0 Å². The maximum absolute atomic E-state index is 14.4. The number of morpholine rings is 1. The van der Waals surface area contributed by atoms with Crippen molar-refractivity contribution in [1.82, 2.24) is 14.8 Å². The van der Waals surface area contributed by atoms with E-state index in [1.165, 1.54) is 18.2 Å². The zero-order valence-electron chi connectivity index (χ0n) is 15.8. The monoisotopic (exact) mass is 398 g/mol. The van der Waals surface area contributed by atoms with Crippen molar-refractivity contribution in [2.75, 3.05) is 35.2 Å². The zero-order chi connectivity index (χ0) is 20.0.